The number of benzene rings is 2. The number of aromatic nitrogens is 2. The van der Waals surface area contributed by atoms with Gasteiger partial charge in [-0.2, -0.15) is 0 Å². The highest BCUT2D eigenvalue weighted by Gasteiger charge is 2.10. The van der Waals surface area contributed by atoms with Gasteiger partial charge in [0.15, 0.2) is 4.34 Å². The SMILES string of the molecule is Cc1nnc(SCC(=O)Nc2ccc(C)c(NC(=O)c3ccccc3)c2)s1. The first-order chi connectivity index (χ1) is 13.0. The van der Waals surface area contributed by atoms with E-state index in [2.05, 4.69) is 20.8 Å². The molecule has 0 saturated heterocycles. The molecule has 0 fully saturated rings. The predicted octanol–water partition coefficient (Wildman–Crippen LogP) is 4.14. The van der Waals surface area contributed by atoms with Crippen LogP contribution >= 0.6 is 23.1 Å². The molecule has 138 valence electrons. The zero-order chi connectivity index (χ0) is 19.2. The van der Waals surface area contributed by atoms with E-state index in [-0.39, 0.29) is 17.6 Å². The van der Waals surface area contributed by atoms with Gasteiger partial charge in [0.05, 0.1) is 5.75 Å². The number of thioether (sulfide) groups is 1. The second-order valence-electron chi connectivity index (χ2n) is 5.77. The van der Waals surface area contributed by atoms with Crippen molar-refractivity contribution in [3.05, 3.63) is 64.7 Å². The topological polar surface area (TPSA) is 84.0 Å². The van der Waals surface area contributed by atoms with E-state index in [9.17, 15) is 9.59 Å². The van der Waals surface area contributed by atoms with Crippen LogP contribution in [0.15, 0.2) is 52.9 Å². The number of carbonyl (C=O) groups is 2. The molecule has 3 rings (SSSR count). The molecule has 1 heterocycles. The molecule has 0 radical (unpaired) electrons. The quantitative estimate of drug-likeness (QED) is 0.610. The molecule has 0 atom stereocenters. The van der Waals surface area contributed by atoms with E-state index in [1.54, 1.807) is 18.2 Å². The number of amides is 2. The van der Waals surface area contributed by atoms with E-state index in [1.807, 2.05) is 44.2 Å². The van der Waals surface area contributed by atoms with Gasteiger partial charge >= 0.3 is 0 Å². The second kappa shape index (κ2) is 8.79. The molecule has 0 saturated carbocycles. The Morgan fingerprint density at radius 2 is 1.81 bits per heavy atom. The van der Waals surface area contributed by atoms with Crippen LogP contribution in [0.3, 0.4) is 0 Å². The van der Waals surface area contributed by atoms with Gasteiger partial charge in [-0.25, -0.2) is 0 Å². The Hall–Kier alpha value is -2.71. The van der Waals surface area contributed by atoms with Crippen molar-refractivity contribution in [1.29, 1.82) is 0 Å². The molecule has 0 unspecified atom stereocenters. The molecular formula is C19H18N4O2S2. The predicted molar refractivity (Wildman–Crippen MR) is 110 cm³/mol. The minimum atomic E-state index is -0.190. The van der Waals surface area contributed by atoms with Crippen LogP contribution in [0.25, 0.3) is 0 Å². The fourth-order valence-electron chi connectivity index (χ4n) is 2.28. The van der Waals surface area contributed by atoms with E-state index < -0.39 is 0 Å². The van der Waals surface area contributed by atoms with Crippen molar-refractivity contribution in [2.45, 2.75) is 18.2 Å². The van der Waals surface area contributed by atoms with Gasteiger partial charge in [0.1, 0.15) is 5.01 Å². The Bertz CT molecular complexity index is 957. The Balaban J connectivity index is 1.62. The molecule has 0 spiro atoms. The summed E-state index contributed by atoms with van der Waals surface area (Å²) >= 11 is 2.81. The van der Waals surface area contributed by atoms with Crippen LogP contribution in [0.4, 0.5) is 11.4 Å². The van der Waals surface area contributed by atoms with Crippen molar-refractivity contribution >= 4 is 46.3 Å². The summed E-state index contributed by atoms with van der Waals surface area (Å²) < 4.78 is 0.766. The van der Waals surface area contributed by atoms with Crippen LogP contribution in [0.5, 0.6) is 0 Å². The maximum absolute atomic E-state index is 12.3. The molecule has 0 bridgehead atoms. The van der Waals surface area contributed by atoms with Crippen molar-refractivity contribution < 1.29 is 9.59 Å². The van der Waals surface area contributed by atoms with Crippen LogP contribution in [0, 0.1) is 13.8 Å². The molecule has 2 N–H and O–H groups in total. The third kappa shape index (κ3) is 5.38. The number of carbonyl (C=O) groups excluding carboxylic acids is 2. The fraction of sp³-hybridized carbons (Fsp3) is 0.158. The fourth-order valence-corrected chi connectivity index (χ4v) is 3.90. The number of hydrogen-bond donors (Lipinski definition) is 2. The van der Waals surface area contributed by atoms with Gasteiger partial charge in [0.2, 0.25) is 5.91 Å². The average Bonchev–Trinajstić information content (AvgIpc) is 3.09. The Kier molecular flexibility index (Phi) is 6.20. The molecule has 8 heteroatoms. The highest BCUT2D eigenvalue weighted by Crippen LogP contribution is 2.24. The Morgan fingerprint density at radius 1 is 1.04 bits per heavy atom. The van der Waals surface area contributed by atoms with E-state index in [0.717, 1.165) is 14.9 Å². The molecule has 0 aliphatic heterocycles. The standard InChI is InChI=1S/C19H18N4O2S2/c1-12-8-9-15(20-17(24)11-26-19-23-22-13(2)27-19)10-16(12)21-18(25)14-6-4-3-5-7-14/h3-10H,11H2,1-2H3,(H,20,24)(H,21,25). The molecule has 2 aromatic carbocycles. The monoisotopic (exact) mass is 398 g/mol. The lowest BCUT2D eigenvalue weighted by atomic mass is 10.1. The third-order valence-corrected chi connectivity index (χ3v) is 5.61. The lowest BCUT2D eigenvalue weighted by Gasteiger charge is -2.11. The van der Waals surface area contributed by atoms with Gasteiger partial charge in [-0.05, 0) is 43.7 Å². The summed E-state index contributed by atoms with van der Waals surface area (Å²) in [5.41, 5.74) is 2.78. The van der Waals surface area contributed by atoms with E-state index in [1.165, 1.54) is 23.1 Å². The zero-order valence-corrected chi connectivity index (χ0v) is 16.5. The first kappa shape index (κ1) is 19.1. The van der Waals surface area contributed by atoms with E-state index in [4.69, 9.17) is 0 Å². The summed E-state index contributed by atoms with van der Waals surface area (Å²) in [6, 6.07) is 14.4. The second-order valence-corrected chi connectivity index (χ2v) is 8.18. The molecule has 1 aromatic heterocycles. The third-order valence-electron chi connectivity index (χ3n) is 3.64. The van der Waals surface area contributed by atoms with Gasteiger partial charge in [-0.3, -0.25) is 9.59 Å². The zero-order valence-electron chi connectivity index (χ0n) is 14.9. The van der Waals surface area contributed by atoms with Crippen LogP contribution in [-0.4, -0.2) is 27.8 Å². The Morgan fingerprint density at radius 3 is 2.52 bits per heavy atom. The number of nitrogens with one attached hydrogen (secondary N) is 2. The number of anilines is 2. The highest BCUT2D eigenvalue weighted by atomic mass is 32.2. The van der Waals surface area contributed by atoms with Crippen LogP contribution in [0.2, 0.25) is 0 Å². The van der Waals surface area contributed by atoms with Crippen LogP contribution in [0.1, 0.15) is 20.9 Å². The maximum Gasteiger partial charge on any atom is 0.255 e. The summed E-state index contributed by atoms with van der Waals surface area (Å²) in [5, 5.41) is 14.5. The number of nitrogens with zero attached hydrogens (tertiary/aromatic N) is 2. The van der Waals surface area contributed by atoms with Crippen molar-refractivity contribution in [3.8, 4) is 0 Å². The Labute approximate surface area is 165 Å². The molecule has 0 aliphatic rings. The van der Waals surface area contributed by atoms with E-state index in [0.29, 0.717) is 16.9 Å². The largest absolute Gasteiger partial charge is 0.325 e. The highest BCUT2D eigenvalue weighted by molar-refractivity contribution is 8.01. The lowest BCUT2D eigenvalue weighted by Crippen LogP contribution is -2.15. The first-order valence-corrected chi connectivity index (χ1v) is 10.0. The van der Waals surface area contributed by atoms with Crippen LogP contribution < -0.4 is 10.6 Å². The van der Waals surface area contributed by atoms with Crippen molar-refractivity contribution in [2.24, 2.45) is 0 Å². The van der Waals surface area contributed by atoms with Gasteiger partial charge in [-0.15, -0.1) is 10.2 Å². The van der Waals surface area contributed by atoms with E-state index >= 15 is 0 Å². The smallest absolute Gasteiger partial charge is 0.255 e. The normalized spacial score (nSPS) is 10.4. The minimum absolute atomic E-state index is 0.142. The summed E-state index contributed by atoms with van der Waals surface area (Å²) in [4.78, 5) is 24.5. The molecule has 2 amide bonds. The minimum Gasteiger partial charge on any atom is -0.325 e. The van der Waals surface area contributed by atoms with Crippen molar-refractivity contribution in [3.63, 3.8) is 0 Å². The summed E-state index contributed by atoms with van der Waals surface area (Å²) in [7, 11) is 0. The van der Waals surface area contributed by atoms with Crippen molar-refractivity contribution in [2.75, 3.05) is 16.4 Å². The number of hydrogen-bond acceptors (Lipinski definition) is 6. The summed E-state index contributed by atoms with van der Waals surface area (Å²) in [5.74, 6) is -0.0878. The lowest BCUT2D eigenvalue weighted by molar-refractivity contribution is -0.113. The molecular weight excluding hydrogens is 380 g/mol. The van der Waals surface area contributed by atoms with Crippen LogP contribution in [-0.2, 0) is 4.79 Å². The van der Waals surface area contributed by atoms with Gasteiger partial charge in [0, 0.05) is 16.9 Å². The molecule has 0 aliphatic carbocycles. The molecule has 27 heavy (non-hydrogen) atoms. The van der Waals surface area contributed by atoms with Gasteiger partial charge < -0.3 is 10.6 Å². The van der Waals surface area contributed by atoms with Gasteiger partial charge in [0.25, 0.3) is 5.91 Å². The first-order valence-electron chi connectivity index (χ1n) is 8.21. The summed E-state index contributed by atoms with van der Waals surface area (Å²) in [6.07, 6.45) is 0. The molecule has 6 nitrogen and oxygen atoms in total. The van der Waals surface area contributed by atoms with Gasteiger partial charge in [-0.1, -0.05) is 47.4 Å². The average molecular weight is 399 g/mol. The maximum atomic E-state index is 12.3. The number of rotatable bonds is 6. The molecule has 3 aromatic rings. The summed E-state index contributed by atoms with van der Waals surface area (Å²) in [6.45, 7) is 3.78. The van der Waals surface area contributed by atoms with Crippen molar-refractivity contribution in [1.82, 2.24) is 10.2 Å². The number of aryl methyl sites for hydroxylation is 2.